The maximum absolute atomic E-state index is 12.9. The summed E-state index contributed by atoms with van der Waals surface area (Å²) in [5.74, 6) is -0.643. The van der Waals surface area contributed by atoms with Crippen LogP contribution in [0.25, 0.3) is 0 Å². The summed E-state index contributed by atoms with van der Waals surface area (Å²) in [6, 6.07) is 0. The normalized spacial score (nSPS) is 17.9. The van der Waals surface area contributed by atoms with E-state index >= 15 is 0 Å². The van der Waals surface area contributed by atoms with E-state index < -0.39 is 40.0 Å². The lowest BCUT2D eigenvalue weighted by atomic mass is 9.99. The number of esters is 1. The van der Waals surface area contributed by atoms with Gasteiger partial charge < -0.3 is 9.47 Å². The van der Waals surface area contributed by atoms with E-state index in [1.807, 2.05) is 6.92 Å². The van der Waals surface area contributed by atoms with Crippen LogP contribution in [0.4, 0.5) is 8.78 Å². The Kier molecular flexibility index (Phi) is 6.67. The van der Waals surface area contributed by atoms with Crippen LogP contribution in [0.5, 0.6) is 0 Å². The van der Waals surface area contributed by atoms with Crippen molar-refractivity contribution in [2.45, 2.75) is 56.3 Å². The van der Waals surface area contributed by atoms with Crippen molar-refractivity contribution in [2.24, 2.45) is 0 Å². The monoisotopic (exact) mass is 356 g/mol. The van der Waals surface area contributed by atoms with E-state index in [1.165, 1.54) is 0 Å². The Hall–Kier alpha value is -1.06. The van der Waals surface area contributed by atoms with Crippen LogP contribution in [0, 0.1) is 0 Å². The van der Waals surface area contributed by atoms with Crippen molar-refractivity contribution in [3.05, 3.63) is 12.2 Å². The quantitative estimate of drug-likeness (QED) is 0.296. The fraction of sp³-hybridized carbons (Fsp3) is 0.786. The van der Waals surface area contributed by atoms with Crippen molar-refractivity contribution < 1.29 is 36.0 Å². The zero-order valence-corrected chi connectivity index (χ0v) is 13.8. The molecule has 0 aromatic rings. The third-order valence-corrected chi connectivity index (χ3v) is 4.91. The molecule has 0 aliphatic heterocycles. The van der Waals surface area contributed by atoms with Gasteiger partial charge in [0.15, 0.2) is 0 Å². The summed E-state index contributed by atoms with van der Waals surface area (Å²) < 4.78 is 65.3. The second-order valence-corrected chi connectivity index (χ2v) is 7.20. The van der Waals surface area contributed by atoms with E-state index in [-0.39, 0.29) is 12.2 Å². The van der Waals surface area contributed by atoms with Crippen molar-refractivity contribution in [2.75, 3.05) is 13.2 Å². The highest BCUT2D eigenvalue weighted by molar-refractivity contribution is 7.86. The molecule has 0 aromatic heterocycles. The standard InChI is InChI=1S/C14H22F2O6S/c1-3-13(6-4-5-7-13)22-12(17)11(2)10-21-9-8-14(15,16)23(18,19)20/h2-10H2,1H3,(H,18,19,20). The van der Waals surface area contributed by atoms with Crippen LogP contribution in [0.2, 0.25) is 0 Å². The van der Waals surface area contributed by atoms with Crippen LogP contribution in [0.1, 0.15) is 45.4 Å². The van der Waals surface area contributed by atoms with Crippen molar-refractivity contribution in [3.8, 4) is 0 Å². The smallest absolute Gasteiger partial charge is 0.372 e. The predicted molar refractivity (Wildman–Crippen MR) is 78.7 cm³/mol. The van der Waals surface area contributed by atoms with Crippen LogP contribution in [-0.2, 0) is 24.4 Å². The minimum atomic E-state index is -5.47. The molecular weight excluding hydrogens is 334 g/mol. The van der Waals surface area contributed by atoms with Gasteiger partial charge in [-0.2, -0.15) is 17.2 Å². The molecule has 0 amide bonds. The highest BCUT2D eigenvalue weighted by Gasteiger charge is 2.43. The fourth-order valence-corrected chi connectivity index (χ4v) is 2.73. The van der Waals surface area contributed by atoms with Crippen LogP contribution in [0.15, 0.2) is 12.2 Å². The lowest BCUT2D eigenvalue weighted by molar-refractivity contribution is -0.155. The molecule has 0 radical (unpaired) electrons. The second-order valence-electron chi connectivity index (χ2n) is 5.65. The van der Waals surface area contributed by atoms with Crippen LogP contribution in [-0.4, -0.2) is 43.0 Å². The van der Waals surface area contributed by atoms with Gasteiger partial charge in [-0.15, -0.1) is 0 Å². The summed E-state index contributed by atoms with van der Waals surface area (Å²) in [5.41, 5.74) is -0.516. The summed E-state index contributed by atoms with van der Waals surface area (Å²) >= 11 is 0. The maximum atomic E-state index is 12.9. The second kappa shape index (κ2) is 7.67. The lowest BCUT2D eigenvalue weighted by Gasteiger charge is -2.28. The number of carbonyl (C=O) groups is 1. The van der Waals surface area contributed by atoms with Gasteiger partial charge in [-0.05, 0) is 32.1 Å². The zero-order chi connectivity index (χ0) is 17.7. The van der Waals surface area contributed by atoms with Gasteiger partial charge in [0, 0.05) is 0 Å². The topological polar surface area (TPSA) is 89.9 Å². The number of halogens is 2. The summed E-state index contributed by atoms with van der Waals surface area (Å²) in [6.07, 6.45) is 3.00. The van der Waals surface area contributed by atoms with Crippen LogP contribution >= 0.6 is 0 Å². The van der Waals surface area contributed by atoms with E-state index in [1.54, 1.807) is 0 Å². The van der Waals surface area contributed by atoms with E-state index in [4.69, 9.17) is 14.0 Å². The van der Waals surface area contributed by atoms with E-state index in [2.05, 4.69) is 6.58 Å². The van der Waals surface area contributed by atoms with Gasteiger partial charge in [-0.25, -0.2) is 4.79 Å². The first-order chi connectivity index (χ1) is 10.5. The highest BCUT2D eigenvalue weighted by atomic mass is 32.2. The van der Waals surface area contributed by atoms with Gasteiger partial charge in [0.1, 0.15) is 5.60 Å². The number of hydrogen-bond donors (Lipinski definition) is 1. The third-order valence-electron chi connectivity index (χ3n) is 3.95. The van der Waals surface area contributed by atoms with Crippen molar-refractivity contribution in [1.82, 2.24) is 0 Å². The zero-order valence-electron chi connectivity index (χ0n) is 13.0. The molecule has 1 aliphatic rings. The molecule has 1 N–H and O–H groups in total. The Bertz CT molecular complexity index is 537. The Balaban J connectivity index is 2.38. The molecule has 0 bridgehead atoms. The SMILES string of the molecule is C=C(COCCC(F)(F)S(=O)(=O)O)C(=O)OC1(CC)CCCC1. The van der Waals surface area contributed by atoms with E-state index in [0.717, 1.165) is 25.7 Å². The molecule has 134 valence electrons. The molecule has 0 heterocycles. The molecule has 0 spiro atoms. The number of alkyl halides is 2. The van der Waals surface area contributed by atoms with Gasteiger partial charge in [-0.1, -0.05) is 13.5 Å². The molecule has 0 saturated heterocycles. The molecule has 9 heteroatoms. The van der Waals surface area contributed by atoms with Crippen molar-refractivity contribution in [3.63, 3.8) is 0 Å². The molecule has 1 aliphatic carbocycles. The largest absolute Gasteiger partial charge is 0.456 e. The summed E-state index contributed by atoms with van der Waals surface area (Å²) in [4.78, 5) is 11.9. The number of ether oxygens (including phenoxy) is 2. The first-order valence-corrected chi connectivity index (χ1v) is 8.81. The van der Waals surface area contributed by atoms with Crippen molar-refractivity contribution in [1.29, 1.82) is 0 Å². The third kappa shape index (κ3) is 5.50. The highest BCUT2D eigenvalue weighted by Crippen LogP contribution is 2.36. The molecule has 0 unspecified atom stereocenters. The summed E-state index contributed by atoms with van der Waals surface area (Å²) in [5, 5.41) is -4.29. The summed E-state index contributed by atoms with van der Waals surface area (Å²) in [7, 11) is -5.47. The van der Waals surface area contributed by atoms with Gasteiger partial charge in [0.25, 0.3) is 0 Å². The molecule has 1 saturated carbocycles. The average Bonchev–Trinajstić information content (AvgIpc) is 2.91. The van der Waals surface area contributed by atoms with E-state index in [9.17, 15) is 22.0 Å². The Morgan fingerprint density at radius 2 is 1.91 bits per heavy atom. The molecule has 0 aromatic carbocycles. The van der Waals surface area contributed by atoms with Crippen LogP contribution < -0.4 is 0 Å². The Labute approximate surface area is 134 Å². The van der Waals surface area contributed by atoms with Gasteiger partial charge >= 0.3 is 21.3 Å². The number of rotatable bonds is 9. The van der Waals surface area contributed by atoms with Gasteiger partial charge in [0.05, 0.1) is 25.2 Å². The minimum Gasteiger partial charge on any atom is -0.456 e. The lowest BCUT2D eigenvalue weighted by Crippen LogP contribution is -2.32. The first kappa shape index (κ1) is 20.0. The van der Waals surface area contributed by atoms with Crippen molar-refractivity contribution >= 4 is 16.1 Å². The molecule has 0 atom stereocenters. The van der Waals surface area contributed by atoms with Crippen LogP contribution in [0.3, 0.4) is 0 Å². The molecule has 23 heavy (non-hydrogen) atoms. The summed E-state index contributed by atoms with van der Waals surface area (Å²) in [6.45, 7) is 4.41. The molecular formula is C14H22F2O6S. The van der Waals surface area contributed by atoms with E-state index in [0.29, 0.717) is 6.42 Å². The Morgan fingerprint density at radius 1 is 1.35 bits per heavy atom. The fourth-order valence-electron chi connectivity index (χ4n) is 2.39. The predicted octanol–water partition coefficient (Wildman–Crippen LogP) is 2.70. The Morgan fingerprint density at radius 3 is 2.39 bits per heavy atom. The number of hydrogen-bond acceptors (Lipinski definition) is 5. The molecule has 1 rings (SSSR count). The number of carbonyl (C=O) groups excluding carboxylic acids is 1. The molecule has 1 fully saturated rings. The minimum absolute atomic E-state index is 0.0279. The maximum Gasteiger partial charge on any atom is 0.372 e. The first-order valence-electron chi connectivity index (χ1n) is 7.37. The average molecular weight is 356 g/mol. The van der Waals surface area contributed by atoms with Gasteiger partial charge in [-0.3, -0.25) is 4.55 Å². The molecule has 6 nitrogen and oxygen atoms in total. The van der Waals surface area contributed by atoms with Gasteiger partial charge in [0.2, 0.25) is 0 Å².